The first-order chi connectivity index (χ1) is 7.16. The van der Waals surface area contributed by atoms with Crippen molar-refractivity contribution in [1.82, 2.24) is 25.1 Å². The Bertz CT molecular complexity index is 361. The Morgan fingerprint density at radius 2 is 2.33 bits per heavy atom. The Hall–Kier alpha value is -1.30. The molecule has 2 rings (SSSR count). The fraction of sp³-hybridized carbons (Fsp3) is 0.778. The van der Waals surface area contributed by atoms with Crippen molar-refractivity contribution in [2.24, 2.45) is 13.0 Å². The van der Waals surface area contributed by atoms with Crippen molar-refractivity contribution < 1.29 is 4.79 Å². The maximum atomic E-state index is 11.3. The molecule has 1 aromatic heterocycles. The number of piperidine rings is 1. The lowest BCUT2D eigenvalue weighted by Crippen LogP contribution is -2.39. The first-order valence-corrected chi connectivity index (χ1v) is 5.13. The van der Waals surface area contributed by atoms with E-state index in [1.807, 2.05) is 14.0 Å². The van der Waals surface area contributed by atoms with Gasteiger partial charge in [0.25, 0.3) is 0 Å². The van der Waals surface area contributed by atoms with E-state index < -0.39 is 0 Å². The van der Waals surface area contributed by atoms with Crippen molar-refractivity contribution in [3.63, 3.8) is 0 Å². The molecule has 0 saturated carbocycles. The number of ketones is 1. The Morgan fingerprint density at radius 3 is 2.93 bits per heavy atom. The maximum absolute atomic E-state index is 11.3. The molecule has 0 radical (unpaired) electrons. The second-order valence-electron chi connectivity index (χ2n) is 4.07. The molecule has 2 heterocycles. The van der Waals surface area contributed by atoms with Crippen LogP contribution >= 0.6 is 0 Å². The van der Waals surface area contributed by atoms with Gasteiger partial charge in [-0.3, -0.25) is 9.69 Å². The van der Waals surface area contributed by atoms with Crippen LogP contribution in [0.3, 0.4) is 0 Å². The minimum atomic E-state index is 0.139. The molecule has 1 aliphatic heterocycles. The third kappa shape index (κ3) is 2.20. The van der Waals surface area contributed by atoms with Crippen LogP contribution in [0.5, 0.6) is 0 Å². The predicted octanol–water partition coefficient (Wildman–Crippen LogP) is -0.379. The van der Waals surface area contributed by atoms with Crippen molar-refractivity contribution in [1.29, 1.82) is 0 Å². The second kappa shape index (κ2) is 4.06. The molecule has 1 unspecified atom stereocenters. The van der Waals surface area contributed by atoms with E-state index >= 15 is 0 Å². The molecule has 15 heavy (non-hydrogen) atoms. The number of tetrazole rings is 1. The van der Waals surface area contributed by atoms with E-state index in [2.05, 4.69) is 20.4 Å². The lowest BCUT2D eigenvalue weighted by atomic mass is 9.99. The number of hydrogen-bond acceptors (Lipinski definition) is 5. The van der Waals surface area contributed by atoms with E-state index in [1.54, 1.807) is 4.68 Å². The standard InChI is InChI=1S/C9H15N5O/c1-7-5-14(4-3-8(7)15)6-9-10-11-12-13(9)2/h7H,3-6H2,1-2H3. The lowest BCUT2D eigenvalue weighted by Gasteiger charge is -2.29. The van der Waals surface area contributed by atoms with Gasteiger partial charge in [0, 0.05) is 32.5 Å². The van der Waals surface area contributed by atoms with Crippen LogP contribution in [-0.4, -0.2) is 44.0 Å². The molecule has 1 aromatic rings. The summed E-state index contributed by atoms with van der Waals surface area (Å²) in [5, 5.41) is 11.3. The first kappa shape index (κ1) is 10.2. The van der Waals surface area contributed by atoms with Gasteiger partial charge in [-0.2, -0.15) is 0 Å². The fourth-order valence-corrected chi connectivity index (χ4v) is 1.82. The molecule has 1 fully saturated rings. The van der Waals surface area contributed by atoms with Gasteiger partial charge < -0.3 is 0 Å². The minimum absolute atomic E-state index is 0.139. The molecular weight excluding hydrogens is 194 g/mol. The van der Waals surface area contributed by atoms with Crippen molar-refractivity contribution in [3.05, 3.63) is 5.82 Å². The number of carbonyl (C=O) groups is 1. The van der Waals surface area contributed by atoms with E-state index in [-0.39, 0.29) is 5.92 Å². The normalized spacial score (nSPS) is 23.3. The molecule has 0 bridgehead atoms. The smallest absolute Gasteiger partial charge is 0.164 e. The SMILES string of the molecule is CC1CN(Cc2nnnn2C)CCC1=O. The summed E-state index contributed by atoms with van der Waals surface area (Å²) in [5.74, 6) is 1.35. The van der Waals surface area contributed by atoms with Crippen molar-refractivity contribution in [3.8, 4) is 0 Å². The minimum Gasteiger partial charge on any atom is -0.299 e. The Labute approximate surface area is 88.2 Å². The Kier molecular flexibility index (Phi) is 2.77. The molecular formula is C9H15N5O. The van der Waals surface area contributed by atoms with Crippen LogP contribution in [0.4, 0.5) is 0 Å². The number of aromatic nitrogens is 4. The Morgan fingerprint density at radius 1 is 1.53 bits per heavy atom. The summed E-state index contributed by atoms with van der Waals surface area (Å²) in [7, 11) is 1.83. The van der Waals surface area contributed by atoms with Crippen LogP contribution in [0.15, 0.2) is 0 Å². The summed E-state index contributed by atoms with van der Waals surface area (Å²) in [6.45, 7) is 4.33. The van der Waals surface area contributed by atoms with Crippen LogP contribution in [0, 0.1) is 5.92 Å². The van der Waals surface area contributed by atoms with E-state index in [9.17, 15) is 4.79 Å². The lowest BCUT2D eigenvalue weighted by molar-refractivity contribution is -0.125. The number of rotatable bonds is 2. The Balaban J connectivity index is 1.96. The number of nitrogens with zero attached hydrogens (tertiary/aromatic N) is 5. The van der Waals surface area contributed by atoms with Gasteiger partial charge >= 0.3 is 0 Å². The number of carbonyl (C=O) groups excluding carboxylic acids is 1. The number of hydrogen-bond donors (Lipinski definition) is 0. The van der Waals surface area contributed by atoms with Crippen LogP contribution in [0.25, 0.3) is 0 Å². The summed E-state index contributed by atoms with van der Waals surface area (Å²) >= 11 is 0. The van der Waals surface area contributed by atoms with Crippen LogP contribution in [-0.2, 0) is 18.4 Å². The molecule has 1 atom stereocenters. The van der Waals surface area contributed by atoms with E-state index in [0.717, 1.165) is 25.5 Å². The van der Waals surface area contributed by atoms with Gasteiger partial charge in [0.05, 0.1) is 6.54 Å². The van der Waals surface area contributed by atoms with Crippen molar-refractivity contribution in [2.75, 3.05) is 13.1 Å². The monoisotopic (exact) mass is 209 g/mol. The van der Waals surface area contributed by atoms with Gasteiger partial charge in [0.15, 0.2) is 5.82 Å². The topological polar surface area (TPSA) is 63.9 Å². The molecule has 1 saturated heterocycles. The zero-order chi connectivity index (χ0) is 10.8. The molecule has 0 aromatic carbocycles. The van der Waals surface area contributed by atoms with E-state index in [1.165, 1.54) is 0 Å². The second-order valence-corrected chi connectivity index (χ2v) is 4.07. The third-order valence-corrected chi connectivity index (χ3v) is 2.83. The van der Waals surface area contributed by atoms with E-state index in [0.29, 0.717) is 12.2 Å². The summed E-state index contributed by atoms with van der Waals surface area (Å²) in [4.78, 5) is 13.6. The highest BCUT2D eigenvalue weighted by atomic mass is 16.1. The van der Waals surface area contributed by atoms with E-state index in [4.69, 9.17) is 0 Å². The molecule has 0 amide bonds. The predicted molar refractivity (Wildman–Crippen MR) is 52.9 cm³/mol. The van der Waals surface area contributed by atoms with Gasteiger partial charge in [0.1, 0.15) is 5.78 Å². The zero-order valence-corrected chi connectivity index (χ0v) is 9.05. The van der Waals surface area contributed by atoms with Gasteiger partial charge in [-0.05, 0) is 10.4 Å². The van der Waals surface area contributed by atoms with Gasteiger partial charge in [-0.15, -0.1) is 5.10 Å². The fourth-order valence-electron chi connectivity index (χ4n) is 1.82. The maximum Gasteiger partial charge on any atom is 0.164 e. The van der Waals surface area contributed by atoms with Gasteiger partial charge in [0.2, 0.25) is 0 Å². The number of likely N-dealkylation sites (tertiary alicyclic amines) is 1. The highest BCUT2D eigenvalue weighted by molar-refractivity contribution is 5.81. The average Bonchev–Trinajstić information content (AvgIpc) is 2.59. The number of aryl methyl sites for hydroxylation is 1. The summed E-state index contributed by atoms with van der Waals surface area (Å²) in [6, 6.07) is 0. The quantitative estimate of drug-likeness (QED) is 0.664. The summed E-state index contributed by atoms with van der Waals surface area (Å²) in [5.41, 5.74) is 0. The molecule has 1 aliphatic rings. The summed E-state index contributed by atoms with van der Waals surface area (Å²) in [6.07, 6.45) is 0.645. The average molecular weight is 209 g/mol. The van der Waals surface area contributed by atoms with Crippen molar-refractivity contribution in [2.45, 2.75) is 19.9 Å². The molecule has 0 aliphatic carbocycles. The summed E-state index contributed by atoms with van der Waals surface area (Å²) < 4.78 is 1.67. The molecule has 0 N–H and O–H groups in total. The highest BCUT2D eigenvalue weighted by Gasteiger charge is 2.24. The molecule has 6 nitrogen and oxygen atoms in total. The van der Waals surface area contributed by atoms with Crippen LogP contribution in [0.1, 0.15) is 19.2 Å². The van der Waals surface area contributed by atoms with Gasteiger partial charge in [-0.1, -0.05) is 6.92 Å². The zero-order valence-electron chi connectivity index (χ0n) is 9.05. The molecule has 0 spiro atoms. The van der Waals surface area contributed by atoms with Crippen LogP contribution in [0.2, 0.25) is 0 Å². The first-order valence-electron chi connectivity index (χ1n) is 5.13. The molecule has 6 heteroatoms. The van der Waals surface area contributed by atoms with Crippen molar-refractivity contribution >= 4 is 5.78 Å². The largest absolute Gasteiger partial charge is 0.299 e. The molecule has 82 valence electrons. The highest BCUT2D eigenvalue weighted by Crippen LogP contribution is 2.13. The number of Topliss-reactive ketones (excluding diaryl/α,β-unsaturated/α-hetero) is 1. The van der Waals surface area contributed by atoms with Crippen LogP contribution < -0.4 is 0 Å². The third-order valence-electron chi connectivity index (χ3n) is 2.83. The van der Waals surface area contributed by atoms with Gasteiger partial charge in [-0.25, -0.2) is 4.68 Å².